The maximum atomic E-state index is 4.27. The molecule has 1 spiro atoms. The zero-order chi connectivity index (χ0) is 8.77. The summed E-state index contributed by atoms with van der Waals surface area (Å²) in [7, 11) is 0. The van der Waals surface area contributed by atoms with E-state index in [1.165, 1.54) is 19.3 Å². The highest BCUT2D eigenvalue weighted by Gasteiger charge is 2.51. The lowest BCUT2D eigenvalue weighted by atomic mass is 9.72. The first-order valence-electron chi connectivity index (χ1n) is 5.08. The Bertz CT molecular complexity index is 202. The molecule has 2 rings (SSSR count). The van der Waals surface area contributed by atoms with Crippen molar-refractivity contribution < 1.29 is 0 Å². The third-order valence-electron chi connectivity index (χ3n) is 3.37. The number of hydrogen-bond acceptors (Lipinski definition) is 2. The summed E-state index contributed by atoms with van der Waals surface area (Å²) in [6.45, 7) is 6.92. The predicted octanol–water partition coefficient (Wildman–Crippen LogP) is 3.24. The van der Waals surface area contributed by atoms with Crippen LogP contribution >= 0.6 is 0 Å². The molecule has 0 N–H and O–H groups in total. The van der Waals surface area contributed by atoms with Crippen molar-refractivity contribution in [3.8, 4) is 0 Å². The summed E-state index contributed by atoms with van der Waals surface area (Å²) in [6.07, 6.45) is 3.90. The van der Waals surface area contributed by atoms with Crippen molar-refractivity contribution in [1.82, 2.24) is 0 Å². The third kappa shape index (κ3) is 1.17. The minimum atomic E-state index is 0.0891. The van der Waals surface area contributed by atoms with E-state index in [2.05, 4.69) is 31.0 Å². The van der Waals surface area contributed by atoms with Crippen LogP contribution in [0.1, 0.15) is 40.0 Å². The minimum Gasteiger partial charge on any atom is -0.159 e. The maximum Gasteiger partial charge on any atom is 0.194 e. The van der Waals surface area contributed by atoms with Gasteiger partial charge in [-0.3, -0.25) is 0 Å². The van der Waals surface area contributed by atoms with Crippen LogP contribution in [-0.2, 0) is 0 Å². The minimum absolute atomic E-state index is 0.0891. The van der Waals surface area contributed by atoms with Gasteiger partial charge in [0.15, 0.2) is 5.66 Å². The van der Waals surface area contributed by atoms with Gasteiger partial charge in [-0.05, 0) is 24.7 Å². The SMILES string of the molecule is CC(C)[C@@H]1CC[C@@H](C)CC12N=N2. The second-order valence-corrected chi connectivity index (χ2v) is 4.82. The Morgan fingerprint density at radius 3 is 2.42 bits per heavy atom. The van der Waals surface area contributed by atoms with E-state index in [0.29, 0.717) is 0 Å². The van der Waals surface area contributed by atoms with Crippen LogP contribution in [0.5, 0.6) is 0 Å². The van der Waals surface area contributed by atoms with E-state index in [-0.39, 0.29) is 5.66 Å². The fraction of sp³-hybridized carbons (Fsp3) is 1.00. The molecule has 2 atom stereocenters. The molecule has 0 aromatic carbocycles. The molecule has 1 saturated carbocycles. The van der Waals surface area contributed by atoms with Gasteiger partial charge in [-0.2, -0.15) is 10.2 Å². The number of nitrogens with zero attached hydrogens (tertiary/aromatic N) is 2. The molecule has 0 amide bonds. The highest BCUT2D eigenvalue weighted by atomic mass is 15.4. The molecule has 0 saturated heterocycles. The fourth-order valence-electron chi connectivity index (χ4n) is 2.62. The van der Waals surface area contributed by atoms with Crippen LogP contribution < -0.4 is 0 Å². The first-order chi connectivity index (χ1) is 5.64. The second-order valence-electron chi connectivity index (χ2n) is 4.82. The summed E-state index contributed by atoms with van der Waals surface area (Å²) in [5, 5.41) is 8.54. The lowest BCUT2D eigenvalue weighted by Crippen LogP contribution is -2.35. The van der Waals surface area contributed by atoms with Crippen molar-refractivity contribution >= 4 is 0 Å². The Morgan fingerprint density at radius 1 is 1.25 bits per heavy atom. The summed E-state index contributed by atoms with van der Waals surface area (Å²) < 4.78 is 0. The van der Waals surface area contributed by atoms with Crippen LogP contribution in [0, 0.1) is 17.8 Å². The van der Waals surface area contributed by atoms with Gasteiger partial charge in [0.05, 0.1) is 0 Å². The average molecular weight is 166 g/mol. The van der Waals surface area contributed by atoms with Gasteiger partial charge >= 0.3 is 0 Å². The fourth-order valence-corrected chi connectivity index (χ4v) is 2.62. The van der Waals surface area contributed by atoms with Crippen molar-refractivity contribution in [3.63, 3.8) is 0 Å². The van der Waals surface area contributed by atoms with Crippen molar-refractivity contribution in [2.75, 3.05) is 0 Å². The lowest BCUT2D eigenvalue weighted by Gasteiger charge is -2.33. The van der Waals surface area contributed by atoms with Gasteiger partial charge in [0.1, 0.15) is 0 Å². The van der Waals surface area contributed by atoms with Crippen molar-refractivity contribution in [1.29, 1.82) is 0 Å². The Morgan fingerprint density at radius 2 is 1.92 bits per heavy atom. The Hall–Kier alpha value is -0.400. The first-order valence-corrected chi connectivity index (χ1v) is 5.08. The molecule has 1 fully saturated rings. The van der Waals surface area contributed by atoms with Gasteiger partial charge < -0.3 is 0 Å². The molecule has 0 radical (unpaired) electrons. The molecule has 1 aliphatic carbocycles. The van der Waals surface area contributed by atoms with Gasteiger partial charge in [0.2, 0.25) is 0 Å². The van der Waals surface area contributed by atoms with Crippen molar-refractivity contribution in [2.24, 2.45) is 28.0 Å². The van der Waals surface area contributed by atoms with E-state index < -0.39 is 0 Å². The maximum absolute atomic E-state index is 4.27. The summed E-state index contributed by atoms with van der Waals surface area (Å²) in [5.74, 6) is 2.30. The molecule has 12 heavy (non-hydrogen) atoms. The van der Waals surface area contributed by atoms with E-state index in [1.807, 2.05) is 0 Å². The third-order valence-corrected chi connectivity index (χ3v) is 3.37. The van der Waals surface area contributed by atoms with E-state index in [1.54, 1.807) is 0 Å². The van der Waals surface area contributed by atoms with E-state index in [9.17, 15) is 0 Å². The molecule has 2 heteroatoms. The Labute approximate surface area is 74.5 Å². The van der Waals surface area contributed by atoms with Crippen LogP contribution in [0.2, 0.25) is 0 Å². The topological polar surface area (TPSA) is 24.7 Å². The molecule has 0 unspecified atom stereocenters. The Balaban J connectivity index is 2.06. The molecule has 2 aliphatic rings. The zero-order valence-electron chi connectivity index (χ0n) is 8.25. The molecule has 68 valence electrons. The van der Waals surface area contributed by atoms with Gasteiger partial charge in [0.25, 0.3) is 0 Å². The van der Waals surface area contributed by atoms with Gasteiger partial charge in [-0.15, -0.1) is 0 Å². The normalized spacial score (nSPS) is 37.7. The molecule has 0 aromatic rings. The predicted molar refractivity (Wildman–Crippen MR) is 48.9 cm³/mol. The molecular formula is C10H18N2. The molecule has 2 nitrogen and oxygen atoms in total. The molecule has 1 heterocycles. The largest absolute Gasteiger partial charge is 0.194 e. The first kappa shape index (κ1) is 8.21. The summed E-state index contributed by atoms with van der Waals surface area (Å²) in [5.41, 5.74) is 0.0891. The summed E-state index contributed by atoms with van der Waals surface area (Å²) >= 11 is 0. The second kappa shape index (κ2) is 2.54. The smallest absolute Gasteiger partial charge is 0.159 e. The molecule has 0 aromatic heterocycles. The highest BCUT2D eigenvalue weighted by molar-refractivity contribution is 5.03. The number of rotatable bonds is 1. The van der Waals surface area contributed by atoms with Gasteiger partial charge in [-0.25, -0.2) is 0 Å². The van der Waals surface area contributed by atoms with Crippen LogP contribution in [0.25, 0.3) is 0 Å². The standard InChI is InChI=1S/C10H18N2/c1-7(2)9-5-4-8(3)6-10(9)11-12-10/h7-9H,4-6H2,1-3H3/t8-,9+/m1/s1. The average Bonchev–Trinajstić information content (AvgIpc) is 2.68. The van der Waals surface area contributed by atoms with Crippen molar-refractivity contribution in [2.45, 2.75) is 45.7 Å². The van der Waals surface area contributed by atoms with Gasteiger partial charge in [-0.1, -0.05) is 27.2 Å². The van der Waals surface area contributed by atoms with Gasteiger partial charge in [0, 0.05) is 5.92 Å². The lowest BCUT2D eigenvalue weighted by molar-refractivity contribution is 0.168. The quantitative estimate of drug-likeness (QED) is 0.571. The van der Waals surface area contributed by atoms with Crippen LogP contribution in [-0.4, -0.2) is 5.66 Å². The van der Waals surface area contributed by atoms with E-state index >= 15 is 0 Å². The zero-order valence-corrected chi connectivity index (χ0v) is 8.25. The molecule has 0 bridgehead atoms. The highest BCUT2D eigenvalue weighted by Crippen LogP contribution is 2.51. The summed E-state index contributed by atoms with van der Waals surface area (Å²) in [6, 6.07) is 0. The molecule has 1 aliphatic heterocycles. The summed E-state index contributed by atoms with van der Waals surface area (Å²) in [4.78, 5) is 0. The van der Waals surface area contributed by atoms with E-state index in [0.717, 1.165) is 17.8 Å². The Kier molecular flexibility index (Phi) is 1.74. The van der Waals surface area contributed by atoms with Crippen molar-refractivity contribution in [3.05, 3.63) is 0 Å². The van der Waals surface area contributed by atoms with Crippen LogP contribution in [0.4, 0.5) is 0 Å². The van der Waals surface area contributed by atoms with E-state index in [4.69, 9.17) is 0 Å². The number of hydrogen-bond donors (Lipinski definition) is 0. The molecular weight excluding hydrogens is 148 g/mol. The monoisotopic (exact) mass is 166 g/mol. The van der Waals surface area contributed by atoms with Crippen LogP contribution in [0.3, 0.4) is 0 Å². The van der Waals surface area contributed by atoms with Crippen LogP contribution in [0.15, 0.2) is 10.2 Å².